The van der Waals surface area contributed by atoms with E-state index in [1.165, 1.54) is 24.3 Å². The topological polar surface area (TPSA) is 49.9 Å². The summed E-state index contributed by atoms with van der Waals surface area (Å²) in [7, 11) is 0. The molecule has 0 bridgehead atoms. The van der Waals surface area contributed by atoms with Crippen LogP contribution in [-0.2, 0) is 14.4 Å². The average Bonchev–Trinajstić information content (AvgIpc) is 3.27. The van der Waals surface area contributed by atoms with Crippen molar-refractivity contribution in [1.82, 2.24) is 0 Å². The van der Waals surface area contributed by atoms with Crippen LogP contribution in [-0.4, -0.2) is 24.0 Å². The Morgan fingerprint density at radius 1 is 0.967 bits per heavy atom. The zero-order valence-corrected chi connectivity index (χ0v) is 17.3. The summed E-state index contributed by atoms with van der Waals surface area (Å²) in [5.74, 6) is -1.43. The van der Waals surface area contributed by atoms with E-state index in [4.69, 9.17) is 4.84 Å². The first-order valence-electron chi connectivity index (χ1n) is 10.7. The fraction of sp³-hybridized carbons (Fsp3) is 0.417. The molecule has 2 amide bonds. The van der Waals surface area contributed by atoms with Crippen LogP contribution < -0.4 is 9.96 Å². The molecular weight excluding hydrogens is 383 g/mol. The van der Waals surface area contributed by atoms with Crippen molar-refractivity contribution in [3.05, 3.63) is 60.4 Å². The Labute approximate surface area is 176 Å². The Morgan fingerprint density at radius 3 is 2.30 bits per heavy atom. The molecule has 2 aliphatic heterocycles. The zero-order chi connectivity index (χ0) is 21.3. The van der Waals surface area contributed by atoms with E-state index in [0.717, 1.165) is 36.3 Å². The highest BCUT2D eigenvalue weighted by atomic mass is 19.1. The number of halogens is 1. The summed E-state index contributed by atoms with van der Waals surface area (Å²) in [6.45, 7) is 4.27. The first-order valence-corrected chi connectivity index (χ1v) is 10.7. The molecule has 2 fully saturated rings. The fourth-order valence-electron chi connectivity index (χ4n) is 4.66. The van der Waals surface area contributed by atoms with Gasteiger partial charge in [-0.1, -0.05) is 51.3 Å². The second kappa shape index (κ2) is 8.56. The molecule has 5 nitrogen and oxygen atoms in total. The van der Waals surface area contributed by atoms with Crippen molar-refractivity contribution in [1.29, 1.82) is 0 Å². The summed E-state index contributed by atoms with van der Waals surface area (Å²) in [5, 5.41) is 1.79. The quantitative estimate of drug-likeness (QED) is 0.620. The molecule has 0 N–H and O–H groups in total. The number of carbonyl (C=O) groups excluding carboxylic acids is 2. The Balaban J connectivity index is 1.71. The number of nitrogens with zero attached hydrogens (tertiary/aromatic N) is 2. The maximum atomic E-state index is 13.5. The van der Waals surface area contributed by atoms with Crippen molar-refractivity contribution in [2.75, 3.05) is 9.96 Å². The molecule has 2 aromatic rings. The Bertz CT molecular complexity index is 902. The van der Waals surface area contributed by atoms with E-state index in [9.17, 15) is 14.0 Å². The summed E-state index contributed by atoms with van der Waals surface area (Å²) >= 11 is 0. The van der Waals surface area contributed by atoms with Crippen molar-refractivity contribution < 1.29 is 18.8 Å². The second-order valence-electron chi connectivity index (χ2n) is 8.00. The van der Waals surface area contributed by atoms with E-state index in [1.807, 2.05) is 30.3 Å². The molecule has 4 atom stereocenters. The lowest BCUT2D eigenvalue weighted by atomic mass is 9.82. The van der Waals surface area contributed by atoms with Gasteiger partial charge < -0.3 is 0 Å². The minimum absolute atomic E-state index is 0.213. The van der Waals surface area contributed by atoms with E-state index in [0.29, 0.717) is 5.69 Å². The van der Waals surface area contributed by atoms with E-state index >= 15 is 0 Å². The molecule has 4 rings (SSSR count). The van der Waals surface area contributed by atoms with Gasteiger partial charge in [0.1, 0.15) is 5.82 Å². The lowest BCUT2D eigenvalue weighted by Crippen LogP contribution is -2.44. The number of hydrogen-bond donors (Lipinski definition) is 0. The third kappa shape index (κ3) is 3.49. The van der Waals surface area contributed by atoms with Crippen LogP contribution >= 0.6 is 0 Å². The molecular formula is C24H27FN2O3. The van der Waals surface area contributed by atoms with E-state index in [1.54, 1.807) is 5.06 Å². The number of hydroxylamine groups is 1. The smallest absolute Gasteiger partial charge is 0.266 e. The van der Waals surface area contributed by atoms with Crippen molar-refractivity contribution >= 4 is 23.2 Å². The Hall–Kier alpha value is -2.73. The molecule has 0 aromatic heterocycles. The molecule has 2 aromatic carbocycles. The van der Waals surface area contributed by atoms with Gasteiger partial charge in [0.05, 0.1) is 23.3 Å². The molecule has 2 saturated heterocycles. The summed E-state index contributed by atoms with van der Waals surface area (Å²) in [4.78, 5) is 34.0. The number of unbranched alkanes of at least 4 members (excludes halogenated alkanes) is 1. The van der Waals surface area contributed by atoms with Crippen LogP contribution in [0, 0.1) is 17.7 Å². The van der Waals surface area contributed by atoms with Crippen molar-refractivity contribution in [3.63, 3.8) is 0 Å². The van der Waals surface area contributed by atoms with Crippen LogP contribution in [0.25, 0.3) is 0 Å². The van der Waals surface area contributed by atoms with Gasteiger partial charge in [0, 0.05) is 0 Å². The average molecular weight is 410 g/mol. The largest absolute Gasteiger partial charge is 0.273 e. The van der Waals surface area contributed by atoms with Crippen LogP contribution in [0.5, 0.6) is 0 Å². The minimum Gasteiger partial charge on any atom is -0.273 e. The Morgan fingerprint density at radius 2 is 1.67 bits per heavy atom. The summed E-state index contributed by atoms with van der Waals surface area (Å²) in [6.07, 6.45) is 3.12. The highest BCUT2D eigenvalue weighted by Gasteiger charge is 2.61. The van der Waals surface area contributed by atoms with Gasteiger partial charge in [0.2, 0.25) is 5.91 Å². The second-order valence-corrected chi connectivity index (χ2v) is 8.00. The predicted octanol–water partition coefficient (Wildman–Crippen LogP) is 4.72. The predicted molar refractivity (Wildman–Crippen MR) is 113 cm³/mol. The molecule has 6 heteroatoms. The maximum absolute atomic E-state index is 13.5. The number of amides is 2. The van der Waals surface area contributed by atoms with E-state index in [2.05, 4.69) is 13.8 Å². The van der Waals surface area contributed by atoms with Crippen molar-refractivity contribution in [2.24, 2.45) is 11.8 Å². The highest BCUT2D eigenvalue weighted by Crippen LogP contribution is 2.44. The van der Waals surface area contributed by atoms with Crippen molar-refractivity contribution in [3.8, 4) is 0 Å². The number of benzene rings is 2. The molecule has 158 valence electrons. The summed E-state index contributed by atoms with van der Waals surface area (Å²) in [5.41, 5.74) is 1.23. The molecule has 0 spiro atoms. The third-order valence-electron chi connectivity index (χ3n) is 6.19. The van der Waals surface area contributed by atoms with E-state index in [-0.39, 0.29) is 23.8 Å². The van der Waals surface area contributed by atoms with Gasteiger partial charge in [0.15, 0.2) is 6.10 Å². The zero-order valence-electron chi connectivity index (χ0n) is 17.3. The van der Waals surface area contributed by atoms with Crippen LogP contribution in [0.2, 0.25) is 0 Å². The van der Waals surface area contributed by atoms with Crippen LogP contribution in [0.15, 0.2) is 54.6 Å². The normalized spacial score (nSPS) is 24.4. The summed E-state index contributed by atoms with van der Waals surface area (Å²) in [6, 6.07) is 14.9. The van der Waals surface area contributed by atoms with Gasteiger partial charge in [-0.15, -0.1) is 0 Å². The SMILES string of the molecule is CCCC[C@H](CC)[C@@H]1[C@H]2C(=O)N(c3ccc(F)cc3)C(=O)[C@H]2ON1c1ccccc1. The highest BCUT2D eigenvalue weighted by molar-refractivity contribution is 6.23. The maximum Gasteiger partial charge on any atom is 0.266 e. The molecule has 30 heavy (non-hydrogen) atoms. The van der Waals surface area contributed by atoms with Gasteiger partial charge in [-0.2, -0.15) is 0 Å². The van der Waals surface area contributed by atoms with Gasteiger partial charge >= 0.3 is 0 Å². The van der Waals surface area contributed by atoms with Crippen LogP contribution in [0.1, 0.15) is 39.5 Å². The summed E-state index contributed by atoms with van der Waals surface area (Å²) < 4.78 is 13.3. The van der Waals surface area contributed by atoms with Crippen LogP contribution in [0.4, 0.5) is 15.8 Å². The number of anilines is 2. The third-order valence-corrected chi connectivity index (χ3v) is 6.19. The number of imide groups is 1. The van der Waals surface area contributed by atoms with Gasteiger partial charge in [-0.05, 0) is 48.7 Å². The van der Waals surface area contributed by atoms with Gasteiger partial charge in [0.25, 0.3) is 5.91 Å². The number of hydrogen-bond acceptors (Lipinski definition) is 4. The monoisotopic (exact) mass is 410 g/mol. The van der Waals surface area contributed by atoms with E-state index < -0.39 is 17.8 Å². The first kappa shape index (κ1) is 20.5. The van der Waals surface area contributed by atoms with Gasteiger partial charge in [-0.25, -0.2) is 14.4 Å². The van der Waals surface area contributed by atoms with Crippen LogP contribution in [0.3, 0.4) is 0 Å². The fourth-order valence-corrected chi connectivity index (χ4v) is 4.66. The number of rotatable bonds is 7. The number of carbonyl (C=O) groups is 2. The van der Waals surface area contributed by atoms with Crippen molar-refractivity contribution in [2.45, 2.75) is 51.7 Å². The lowest BCUT2D eigenvalue weighted by molar-refractivity contribution is -0.126. The lowest BCUT2D eigenvalue weighted by Gasteiger charge is -2.33. The molecule has 0 unspecified atom stereocenters. The number of para-hydroxylation sites is 1. The molecule has 0 radical (unpaired) electrons. The molecule has 2 heterocycles. The Kier molecular flexibility index (Phi) is 5.86. The molecule has 2 aliphatic rings. The standard InChI is InChI=1S/C24H27FN2O3/c1-3-5-9-16(4-2)21-20-22(30-27(21)19-10-7-6-8-11-19)24(29)26(23(20)28)18-14-12-17(25)13-15-18/h6-8,10-16,20-22H,3-5,9H2,1-2H3/t16-,20+,21+,22-/m0/s1. The first-order chi connectivity index (χ1) is 14.6. The molecule has 0 aliphatic carbocycles. The van der Waals surface area contributed by atoms with Gasteiger partial charge in [-0.3, -0.25) is 14.4 Å². The number of fused-ring (bicyclic) bond motifs is 1. The molecule has 0 saturated carbocycles. The minimum atomic E-state index is -0.858.